The zero-order chi connectivity index (χ0) is 7.83. The summed E-state index contributed by atoms with van der Waals surface area (Å²) in [7, 11) is 0. The maximum atomic E-state index is 13.5. The van der Waals surface area contributed by atoms with Crippen molar-refractivity contribution in [2.24, 2.45) is 0 Å². The largest absolute Gasteiger partial charge is 0.387 e. The molecular formula is C7H15ClFNO. The molecule has 0 aromatic heterocycles. The van der Waals surface area contributed by atoms with E-state index in [0.29, 0.717) is 13.0 Å². The van der Waals surface area contributed by atoms with E-state index in [1.54, 1.807) is 0 Å². The number of hydrogen-bond acceptors (Lipinski definition) is 2. The lowest BCUT2D eigenvalue weighted by Crippen LogP contribution is -2.47. The van der Waals surface area contributed by atoms with Gasteiger partial charge in [-0.15, -0.1) is 12.4 Å². The number of rotatable bonds is 1. The predicted molar refractivity (Wildman–Crippen MR) is 44.9 cm³/mol. The van der Waals surface area contributed by atoms with Gasteiger partial charge in [-0.25, -0.2) is 4.39 Å². The number of hydrogen-bond donors (Lipinski definition) is 2. The summed E-state index contributed by atoms with van der Waals surface area (Å²) in [6.45, 7) is 3.97. The van der Waals surface area contributed by atoms with Crippen LogP contribution in [-0.4, -0.2) is 29.5 Å². The zero-order valence-corrected chi connectivity index (χ0v) is 7.67. The van der Waals surface area contributed by atoms with Crippen LogP contribution in [0, 0.1) is 0 Å². The standard InChI is InChI=1S/C7H14FNO.ClH/c1-6(2,10)7(8)3-4-9-5-7;/h9-10H,3-5H2,1-2H3;1H. The highest BCUT2D eigenvalue weighted by molar-refractivity contribution is 5.85. The van der Waals surface area contributed by atoms with Crippen molar-refractivity contribution in [3.8, 4) is 0 Å². The van der Waals surface area contributed by atoms with Gasteiger partial charge in [0.25, 0.3) is 0 Å². The van der Waals surface area contributed by atoms with Gasteiger partial charge in [0, 0.05) is 6.54 Å². The summed E-state index contributed by atoms with van der Waals surface area (Å²) in [5.74, 6) is 0. The fourth-order valence-electron chi connectivity index (χ4n) is 1.18. The molecule has 0 saturated carbocycles. The molecule has 68 valence electrons. The zero-order valence-electron chi connectivity index (χ0n) is 6.85. The van der Waals surface area contributed by atoms with Gasteiger partial charge < -0.3 is 10.4 Å². The third-order valence-corrected chi connectivity index (χ3v) is 2.20. The number of nitrogens with one attached hydrogen (secondary N) is 1. The van der Waals surface area contributed by atoms with Gasteiger partial charge in [-0.05, 0) is 26.8 Å². The lowest BCUT2D eigenvalue weighted by atomic mass is 9.87. The second-order valence-corrected chi connectivity index (χ2v) is 3.45. The van der Waals surface area contributed by atoms with Crippen molar-refractivity contribution in [3.63, 3.8) is 0 Å². The summed E-state index contributed by atoms with van der Waals surface area (Å²) >= 11 is 0. The first-order valence-electron chi connectivity index (χ1n) is 3.58. The Labute approximate surface area is 72.6 Å². The minimum atomic E-state index is -1.42. The van der Waals surface area contributed by atoms with Crippen LogP contribution in [0.3, 0.4) is 0 Å². The molecule has 1 aliphatic rings. The summed E-state index contributed by atoms with van der Waals surface area (Å²) in [6.07, 6.45) is 0.413. The highest BCUT2D eigenvalue weighted by Crippen LogP contribution is 2.31. The van der Waals surface area contributed by atoms with Gasteiger partial charge in [-0.1, -0.05) is 0 Å². The lowest BCUT2D eigenvalue weighted by Gasteiger charge is -2.31. The minimum Gasteiger partial charge on any atom is -0.387 e. The Kier molecular flexibility index (Phi) is 3.29. The Balaban J connectivity index is 0.000001000. The molecule has 0 aliphatic carbocycles. The average Bonchev–Trinajstić information content (AvgIpc) is 2.13. The Morgan fingerprint density at radius 3 is 2.27 bits per heavy atom. The van der Waals surface area contributed by atoms with Crippen molar-refractivity contribution in [1.82, 2.24) is 5.32 Å². The van der Waals surface area contributed by atoms with E-state index < -0.39 is 11.3 Å². The van der Waals surface area contributed by atoms with E-state index in [-0.39, 0.29) is 19.0 Å². The van der Waals surface area contributed by atoms with Crippen molar-refractivity contribution < 1.29 is 9.50 Å². The van der Waals surface area contributed by atoms with Crippen LogP contribution in [0.5, 0.6) is 0 Å². The molecule has 1 unspecified atom stereocenters. The van der Waals surface area contributed by atoms with Gasteiger partial charge >= 0.3 is 0 Å². The molecule has 0 spiro atoms. The van der Waals surface area contributed by atoms with Crippen molar-refractivity contribution in [2.75, 3.05) is 13.1 Å². The second kappa shape index (κ2) is 3.25. The average molecular weight is 184 g/mol. The molecule has 2 nitrogen and oxygen atoms in total. The van der Waals surface area contributed by atoms with Gasteiger partial charge in [-0.2, -0.15) is 0 Å². The van der Waals surface area contributed by atoms with Gasteiger partial charge in [0.15, 0.2) is 5.67 Å². The first-order chi connectivity index (χ1) is 4.46. The lowest BCUT2D eigenvalue weighted by molar-refractivity contribution is -0.0658. The van der Waals surface area contributed by atoms with E-state index in [1.807, 2.05) is 0 Å². The molecule has 1 saturated heterocycles. The maximum absolute atomic E-state index is 13.5. The van der Waals surface area contributed by atoms with Crippen LogP contribution in [0.15, 0.2) is 0 Å². The summed E-state index contributed by atoms with van der Waals surface area (Å²) in [5.41, 5.74) is -2.64. The molecule has 2 N–H and O–H groups in total. The van der Waals surface area contributed by atoms with Gasteiger partial charge in [0.05, 0.1) is 5.60 Å². The second-order valence-electron chi connectivity index (χ2n) is 3.45. The molecule has 0 bridgehead atoms. The molecule has 1 heterocycles. The fraction of sp³-hybridized carbons (Fsp3) is 1.00. The Hall–Kier alpha value is 0.140. The SMILES string of the molecule is CC(C)(O)C1(F)CCNC1.Cl. The van der Waals surface area contributed by atoms with E-state index in [9.17, 15) is 9.50 Å². The number of halogens is 2. The van der Waals surface area contributed by atoms with E-state index in [1.165, 1.54) is 13.8 Å². The van der Waals surface area contributed by atoms with Gasteiger partial charge in [0.1, 0.15) is 0 Å². The molecule has 11 heavy (non-hydrogen) atoms. The molecule has 4 heteroatoms. The summed E-state index contributed by atoms with van der Waals surface area (Å²) in [5, 5.41) is 12.2. The Bertz CT molecular complexity index is 129. The normalized spacial score (nSPS) is 31.6. The van der Waals surface area contributed by atoms with E-state index >= 15 is 0 Å². The van der Waals surface area contributed by atoms with Crippen LogP contribution in [0.1, 0.15) is 20.3 Å². The molecule has 1 rings (SSSR count). The Morgan fingerprint density at radius 2 is 2.09 bits per heavy atom. The van der Waals surface area contributed by atoms with Crippen LogP contribution >= 0.6 is 12.4 Å². The topological polar surface area (TPSA) is 32.3 Å². The third kappa shape index (κ3) is 2.04. The molecule has 0 radical (unpaired) electrons. The molecule has 1 fully saturated rings. The van der Waals surface area contributed by atoms with Crippen molar-refractivity contribution in [3.05, 3.63) is 0 Å². The number of aliphatic hydroxyl groups is 1. The first-order valence-corrected chi connectivity index (χ1v) is 3.58. The smallest absolute Gasteiger partial charge is 0.152 e. The van der Waals surface area contributed by atoms with Crippen molar-refractivity contribution in [2.45, 2.75) is 31.5 Å². The van der Waals surface area contributed by atoms with E-state index in [0.717, 1.165) is 0 Å². The molecule has 1 aliphatic heterocycles. The quantitative estimate of drug-likeness (QED) is 0.633. The maximum Gasteiger partial charge on any atom is 0.152 e. The van der Waals surface area contributed by atoms with E-state index in [2.05, 4.69) is 5.32 Å². The molecule has 0 amide bonds. The van der Waals surface area contributed by atoms with E-state index in [4.69, 9.17) is 0 Å². The van der Waals surface area contributed by atoms with Gasteiger partial charge in [0.2, 0.25) is 0 Å². The molecular weight excluding hydrogens is 169 g/mol. The summed E-state index contributed by atoms with van der Waals surface area (Å²) in [6, 6.07) is 0. The summed E-state index contributed by atoms with van der Waals surface area (Å²) in [4.78, 5) is 0. The van der Waals surface area contributed by atoms with Gasteiger partial charge in [-0.3, -0.25) is 0 Å². The molecule has 0 aromatic rings. The Morgan fingerprint density at radius 1 is 1.55 bits per heavy atom. The molecule has 0 aromatic carbocycles. The molecule has 1 atom stereocenters. The minimum absolute atomic E-state index is 0. The van der Waals surface area contributed by atoms with Crippen LogP contribution in [0.4, 0.5) is 4.39 Å². The predicted octanol–water partition coefficient (Wildman–Crippen LogP) is 0.881. The van der Waals surface area contributed by atoms with Crippen LogP contribution < -0.4 is 5.32 Å². The fourth-order valence-corrected chi connectivity index (χ4v) is 1.18. The summed E-state index contributed by atoms with van der Waals surface area (Å²) < 4.78 is 13.5. The van der Waals surface area contributed by atoms with Crippen LogP contribution in [0.2, 0.25) is 0 Å². The van der Waals surface area contributed by atoms with Crippen molar-refractivity contribution >= 4 is 12.4 Å². The highest BCUT2D eigenvalue weighted by Gasteiger charge is 2.46. The number of alkyl halides is 1. The monoisotopic (exact) mass is 183 g/mol. The first kappa shape index (κ1) is 11.1. The van der Waals surface area contributed by atoms with Crippen LogP contribution in [0.25, 0.3) is 0 Å². The highest BCUT2D eigenvalue weighted by atomic mass is 35.5. The third-order valence-electron chi connectivity index (χ3n) is 2.20. The van der Waals surface area contributed by atoms with Crippen LogP contribution in [-0.2, 0) is 0 Å². The van der Waals surface area contributed by atoms with Crippen molar-refractivity contribution in [1.29, 1.82) is 0 Å².